The second-order valence-corrected chi connectivity index (χ2v) is 11.8. The normalized spacial score (nSPS) is 24.8. The summed E-state index contributed by atoms with van der Waals surface area (Å²) in [5.74, 6) is -1.15. The van der Waals surface area contributed by atoms with Crippen molar-refractivity contribution in [2.24, 2.45) is 5.41 Å². The van der Waals surface area contributed by atoms with Gasteiger partial charge in [-0.05, 0) is 38.9 Å². The van der Waals surface area contributed by atoms with Crippen LogP contribution in [0.4, 0.5) is 0 Å². The second-order valence-electron chi connectivity index (χ2n) is 11.4. The first-order valence-electron chi connectivity index (χ1n) is 12.0. The highest BCUT2D eigenvalue weighted by atomic mass is 28.2. The first-order valence-corrected chi connectivity index (χ1v) is 12.8. The topological polar surface area (TPSA) is 65.1 Å². The van der Waals surface area contributed by atoms with Crippen molar-refractivity contribution in [2.75, 3.05) is 13.6 Å². The van der Waals surface area contributed by atoms with E-state index in [1.54, 1.807) is 0 Å². The van der Waals surface area contributed by atoms with E-state index in [2.05, 4.69) is 20.8 Å². The van der Waals surface area contributed by atoms with Crippen LogP contribution in [-0.2, 0) is 28.9 Å². The van der Waals surface area contributed by atoms with Gasteiger partial charge in [-0.1, -0.05) is 81.4 Å². The standard InChI is InChI=1S/C28H39NO5Si/c1-20(30)32-26(23(31)33-25(5,6)7)19-29(8)28(34-35,24(2,3)4)27(26,21-15-11-9-12-16-21)22-17-13-10-14-18-22/h9-18H,19H2,1-8,35H3/t26-,28-/m0/s1. The van der Waals surface area contributed by atoms with E-state index in [-0.39, 0.29) is 6.54 Å². The molecule has 0 spiro atoms. The molecule has 0 unspecified atom stereocenters. The van der Waals surface area contributed by atoms with Gasteiger partial charge in [0, 0.05) is 12.3 Å². The number of rotatable bonds is 5. The number of benzene rings is 2. The van der Waals surface area contributed by atoms with Gasteiger partial charge >= 0.3 is 11.9 Å². The van der Waals surface area contributed by atoms with Crippen molar-refractivity contribution in [1.82, 2.24) is 4.90 Å². The van der Waals surface area contributed by atoms with Crippen molar-refractivity contribution in [1.29, 1.82) is 0 Å². The van der Waals surface area contributed by atoms with E-state index in [0.29, 0.717) is 10.5 Å². The van der Waals surface area contributed by atoms with E-state index in [1.165, 1.54) is 6.92 Å². The summed E-state index contributed by atoms with van der Waals surface area (Å²) in [4.78, 5) is 29.2. The Bertz CT molecular complexity index is 1020. The summed E-state index contributed by atoms with van der Waals surface area (Å²) in [7, 11) is 2.31. The molecule has 0 saturated carbocycles. The third-order valence-corrected chi connectivity index (χ3v) is 7.47. The highest BCUT2D eigenvalue weighted by Gasteiger charge is 2.80. The van der Waals surface area contributed by atoms with Crippen LogP contribution in [-0.4, -0.2) is 57.8 Å². The molecule has 0 N–H and O–H groups in total. The lowest BCUT2D eigenvalue weighted by atomic mass is 9.54. The number of likely N-dealkylation sites (N-methyl/N-ethyl adjacent to an activating group) is 1. The van der Waals surface area contributed by atoms with Crippen LogP contribution in [0.15, 0.2) is 60.7 Å². The molecule has 3 rings (SSSR count). The summed E-state index contributed by atoms with van der Waals surface area (Å²) in [5.41, 5.74) is -3.70. The number of hydrogen-bond acceptors (Lipinski definition) is 6. The van der Waals surface area contributed by atoms with Gasteiger partial charge in [0.15, 0.2) is 0 Å². The molecule has 2 aromatic rings. The maximum absolute atomic E-state index is 14.4. The van der Waals surface area contributed by atoms with Crippen LogP contribution in [0.25, 0.3) is 0 Å². The van der Waals surface area contributed by atoms with Gasteiger partial charge in [0.1, 0.15) is 27.2 Å². The summed E-state index contributed by atoms with van der Waals surface area (Å²) < 4.78 is 19.0. The monoisotopic (exact) mass is 497 g/mol. The largest absolute Gasteiger partial charge is 0.457 e. The number of nitrogens with zero attached hydrogens (tertiary/aromatic N) is 1. The van der Waals surface area contributed by atoms with Crippen LogP contribution in [0.2, 0.25) is 0 Å². The van der Waals surface area contributed by atoms with Crippen LogP contribution in [0.5, 0.6) is 0 Å². The maximum atomic E-state index is 14.4. The zero-order valence-electron chi connectivity index (χ0n) is 22.5. The van der Waals surface area contributed by atoms with E-state index in [1.807, 2.05) is 93.4 Å². The summed E-state index contributed by atoms with van der Waals surface area (Å²) in [6.45, 7) is 13.2. The molecule has 2 aromatic carbocycles. The van der Waals surface area contributed by atoms with Gasteiger partial charge in [-0.15, -0.1) is 0 Å². The number of carbonyl (C=O) groups excluding carboxylic acids is 2. The Morgan fingerprint density at radius 2 is 1.34 bits per heavy atom. The summed E-state index contributed by atoms with van der Waals surface area (Å²) in [6.07, 6.45) is 0. The van der Waals surface area contributed by atoms with Crippen LogP contribution in [0.3, 0.4) is 0 Å². The smallest absolute Gasteiger partial charge is 0.354 e. The van der Waals surface area contributed by atoms with Crippen molar-refractivity contribution in [3.8, 4) is 0 Å². The first-order chi connectivity index (χ1) is 16.2. The highest BCUT2D eigenvalue weighted by Crippen LogP contribution is 2.64. The molecule has 1 aliphatic heterocycles. The molecular formula is C28H39NO5Si. The van der Waals surface area contributed by atoms with Gasteiger partial charge in [0.25, 0.3) is 0 Å². The third kappa shape index (κ3) is 4.03. The fraction of sp³-hybridized carbons (Fsp3) is 0.500. The maximum Gasteiger partial charge on any atom is 0.354 e. The second kappa shape index (κ2) is 9.19. The summed E-state index contributed by atoms with van der Waals surface area (Å²) in [6, 6.07) is 19.5. The molecule has 2 atom stereocenters. The molecule has 0 aliphatic carbocycles. The molecule has 35 heavy (non-hydrogen) atoms. The highest BCUT2D eigenvalue weighted by molar-refractivity contribution is 5.99. The van der Waals surface area contributed by atoms with Crippen LogP contribution in [0, 0.1) is 5.41 Å². The lowest BCUT2D eigenvalue weighted by molar-refractivity contribution is -0.205. The molecule has 1 fully saturated rings. The van der Waals surface area contributed by atoms with Gasteiger partial charge in [0.05, 0.1) is 6.54 Å². The third-order valence-electron chi connectivity index (χ3n) is 6.88. The molecule has 1 heterocycles. The first kappa shape index (κ1) is 27.1. The predicted octanol–water partition coefficient (Wildman–Crippen LogP) is 3.60. The van der Waals surface area contributed by atoms with E-state index < -0.39 is 39.7 Å². The van der Waals surface area contributed by atoms with E-state index >= 15 is 0 Å². The molecule has 0 aromatic heterocycles. The molecular weight excluding hydrogens is 458 g/mol. The van der Waals surface area contributed by atoms with Crippen LogP contribution in [0.1, 0.15) is 59.6 Å². The van der Waals surface area contributed by atoms with Crippen molar-refractivity contribution < 1.29 is 23.5 Å². The molecule has 6 nitrogen and oxygen atoms in total. The molecule has 0 amide bonds. The summed E-state index contributed by atoms with van der Waals surface area (Å²) in [5, 5.41) is 0. The average Bonchev–Trinajstić information content (AvgIpc) is 2.99. The number of esters is 2. The van der Waals surface area contributed by atoms with Gasteiger partial charge in [0.2, 0.25) is 5.60 Å². The molecule has 0 bridgehead atoms. The molecule has 1 aliphatic rings. The lowest BCUT2D eigenvalue weighted by Crippen LogP contribution is -2.71. The minimum Gasteiger partial charge on any atom is -0.457 e. The van der Waals surface area contributed by atoms with E-state index in [0.717, 1.165) is 11.1 Å². The zero-order valence-corrected chi connectivity index (χ0v) is 24.5. The SMILES string of the molecule is CC(=O)O[C@]1(C(=O)OC(C)(C)C)CN(C)[C@](O[SiH3])(C(C)(C)C)C1(c1ccccc1)c1ccccc1. The minimum atomic E-state index is -1.72. The quantitative estimate of drug-likeness (QED) is 0.465. The van der Waals surface area contributed by atoms with Crippen LogP contribution >= 0.6 is 0 Å². The Morgan fingerprint density at radius 3 is 1.69 bits per heavy atom. The molecule has 190 valence electrons. The fourth-order valence-electron chi connectivity index (χ4n) is 6.25. The minimum absolute atomic E-state index is 0.102. The number of hydrogen-bond donors (Lipinski definition) is 0. The van der Waals surface area contributed by atoms with Crippen molar-refractivity contribution in [2.45, 2.75) is 70.8 Å². The number of likely N-dealkylation sites (tertiary alicyclic amines) is 1. The Hall–Kier alpha value is -2.48. The molecule has 7 heteroatoms. The Labute approximate surface area is 212 Å². The van der Waals surface area contributed by atoms with Gasteiger partial charge in [-0.2, -0.15) is 0 Å². The summed E-state index contributed by atoms with van der Waals surface area (Å²) >= 11 is 0. The van der Waals surface area contributed by atoms with E-state index in [4.69, 9.17) is 13.9 Å². The molecule has 0 radical (unpaired) electrons. The molecule has 1 saturated heterocycles. The van der Waals surface area contributed by atoms with Crippen molar-refractivity contribution in [3.63, 3.8) is 0 Å². The van der Waals surface area contributed by atoms with Crippen molar-refractivity contribution in [3.05, 3.63) is 71.8 Å². The lowest BCUT2D eigenvalue weighted by Gasteiger charge is -2.58. The zero-order chi connectivity index (χ0) is 26.3. The van der Waals surface area contributed by atoms with Crippen molar-refractivity contribution >= 4 is 22.4 Å². The van der Waals surface area contributed by atoms with E-state index in [9.17, 15) is 9.59 Å². The van der Waals surface area contributed by atoms with Gasteiger partial charge in [-0.25, -0.2) is 4.79 Å². The number of ether oxygens (including phenoxy) is 2. The Kier molecular flexibility index (Phi) is 7.12. The predicted molar refractivity (Wildman–Crippen MR) is 140 cm³/mol. The Balaban J connectivity index is 2.63. The fourth-order valence-corrected chi connectivity index (χ4v) is 7.48. The van der Waals surface area contributed by atoms with Gasteiger partial charge < -0.3 is 13.9 Å². The number of carbonyl (C=O) groups is 2. The average molecular weight is 498 g/mol. The Morgan fingerprint density at radius 1 is 0.886 bits per heavy atom. The van der Waals surface area contributed by atoms with Crippen LogP contribution < -0.4 is 0 Å². The van der Waals surface area contributed by atoms with Gasteiger partial charge in [-0.3, -0.25) is 9.69 Å².